The van der Waals surface area contributed by atoms with Crippen molar-refractivity contribution >= 4 is 35.0 Å². The molecule has 1 aromatic heterocycles. The van der Waals surface area contributed by atoms with Crippen LogP contribution in [0.25, 0.3) is 0 Å². The molecule has 1 aliphatic heterocycles. The van der Waals surface area contributed by atoms with Crippen molar-refractivity contribution in [2.24, 2.45) is 0 Å². The summed E-state index contributed by atoms with van der Waals surface area (Å²) in [6.07, 6.45) is 1.91. The molecule has 5 rings (SSSR count). The summed E-state index contributed by atoms with van der Waals surface area (Å²) in [5.74, 6) is 0.250. The van der Waals surface area contributed by atoms with Gasteiger partial charge in [0.1, 0.15) is 0 Å². The molecule has 0 spiro atoms. The number of hydrogen-bond acceptors (Lipinski definition) is 8. The van der Waals surface area contributed by atoms with Gasteiger partial charge in [-0.25, -0.2) is 0 Å². The van der Waals surface area contributed by atoms with Gasteiger partial charge in [-0.2, -0.15) is 4.73 Å². The van der Waals surface area contributed by atoms with Crippen LogP contribution < -0.4 is 21.1 Å². The first kappa shape index (κ1) is 33.0. The first-order valence-electron chi connectivity index (χ1n) is 15.2. The molecule has 0 saturated carbocycles. The van der Waals surface area contributed by atoms with Gasteiger partial charge in [-0.05, 0) is 41.3 Å². The molecule has 0 bridgehead atoms. The molecule has 5 N–H and O–H groups in total. The van der Waals surface area contributed by atoms with Crippen molar-refractivity contribution in [2.45, 2.75) is 62.4 Å². The summed E-state index contributed by atoms with van der Waals surface area (Å²) in [7, 11) is 0. The number of rotatable bonds is 13. The Morgan fingerprint density at radius 1 is 0.891 bits per heavy atom. The second-order valence-corrected chi connectivity index (χ2v) is 12.1. The Labute approximate surface area is 272 Å². The largest absolute Gasteiger partial charge is 0.618 e. The number of aliphatic hydroxyl groups is 1. The van der Waals surface area contributed by atoms with E-state index in [0.717, 1.165) is 27.0 Å². The van der Waals surface area contributed by atoms with Gasteiger partial charge in [0, 0.05) is 49.3 Å². The Morgan fingerprint density at radius 3 is 2.33 bits per heavy atom. The van der Waals surface area contributed by atoms with Crippen LogP contribution in [-0.2, 0) is 32.2 Å². The van der Waals surface area contributed by atoms with E-state index in [4.69, 9.17) is 15.2 Å². The maximum Gasteiger partial charge on any atom is 0.251 e. The number of aliphatic hydroxyl groups excluding tert-OH is 1. The van der Waals surface area contributed by atoms with Crippen molar-refractivity contribution in [3.8, 4) is 0 Å². The normalized spacial score (nSPS) is 17.7. The maximum absolute atomic E-state index is 12.4. The summed E-state index contributed by atoms with van der Waals surface area (Å²) in [6.45, 7) is 0.321. The van der Waals surface area contributed by atoms with Gasteiger partial charge < -0.3 is 36.2 Å². The predicted molar refractivity (Wildman–Crippen MR) is 176 cm³/mol. The SMILES string of the molecule is Nc1ccccc1NC(=O)CCCC(=O)NCc1ccc([C@@H]2O[C@H](CSc3cccc[n+]3[O-])C[C@H](c3ccc(CO)cc3)O2)cc1. The third-order valence-electron chi connectivity index (χ3n) is 7.60. The minimum Gasteiger partial charge on any atom is -0.618 e. The molecule has 11 heteroatoms. The fraction of sp³-hybridized carbons (Fsp3) is 0.286. The molecule has 1 aliphatic rings. The summed E-state index contributed by atoms with van der Waals surface area (Å²) in [5, 5.41) is 27.9. The second kappa shape index (κ2) is 16.2. The number of amides is 2. The van der Waals surface area contributed by atoms with E-state index in [0.29, 0.717) is 41.5 Å². The molecule has 0 radical (unpaired) electrons. The Kier molecular flexibility index (Phi) is 11.6. The lowest BCUT2D eigenvalue weighted by Gasteiger charge is -2.36. The van der Waals surface area contributed by atoms with Crippen LogP contribution >= 0.6 is 11.8 Å². The van der Waals surface area contributed by atoms with E-state index < -0.39 is 6.29 Å². The number of carbonyl (C=O) groups excluding carboxylic acids is 2. The van der Waals surface area contributed by atoms with Gasteiger partial charge in [-0.15, -0.1) is 0 Å². The van der Waals surface area contributed by atoms with Crippen LogP contribution in [0.2, 0.25) is 0 Å². The fourth-order valence-corrected chi connectivity index (χ4v) is 5.97. The number of benzene rings is 3. The van der Waals surface area contributed by atoms with Crippen LogP contribution in [0, 0.1) is 5.21 Å². The van der Waals surface area contributed by atoms with Crippen molar-refractivity contribution < 1.29 is 28.9 Å². The molecule has 4 aromatic rings. The van der Waals surface area contributed by atoms with E-state index >= 15 is 0 Å². The molecule has 240 valence electrons. The molecule has 3 aromatic carbocycles. The summed E-state index contributed by atoms with van der Waals surface area (Å²) in [6, 6.07) is 27.8. The van der Waals surface area contributed by atoms with Gasteiger partial charge in [0.25, 0.3) is 5.03 Å². The van der Waals surface area contributed by atoms with Crippen molar-refractivity contribution in [3.05, 3.63) is 125 Å². The van der Waals surface area contributed by atoms with Crippen molar-refractivity contribution in [3.63, 3.8) is 0 Å². The first-order valence-corrected chi connectivity index (χ1v) is 16.2. The van der Waals surface area contributed by atoms with Crippen molar-refractivity contribution in [2.75, 3.05) is 16.8 Å². The molecule has 3 atom stereocenters. The molecular weight excluding hydrogens is 604 g/mol. The molecule has 0 aliphatic carbocycles. The summed E-state index contributed by atoms with van der Waals surface area (Å²) < 4.78 is 13.6. The highest BCUT2D eigenvalue weighted by Crippen LogP contribution is 2.39. The average molecular weight is 643 g/mol. The number of pyridine rings is 1. The highest BCUT2D eigenvalue weighted by Gasteiger charge is 2.32. The van der Waals surface area contributed by atoms with Crippen molar-refractivity contribution in [1.29, 1.82) is 0 Å². The molecular formula is C35H38N4O6S. The minimum absolute atomic E-state index is 0.0300. The van der Waals surface area contributed by atoms with Crippen LogP contribution in [0.3, 0.4) is 0 Å². The highest BCUT2D eigenvalue weighted by atomic mass is 32.2. The zero-order valence-corrected chi connectivity index (χ0v) is 26.2. The number of carbonyl (C=O) groups is 2. The predicted octanol–water partition coefficient (Wildman–Crippen LogP) is 5.16. The van der Waals surface area contributed by atoms with Gasteiger partial charge in [0.2, 0.25) is 11.8 Å². The number of aromatic nitrogens is 1. The first-order chi connectivity index (χ1) is 22.4. The van der Waals surface area contributed by atoms with Gasteiger partial charge in [-0.1, -0.05) is 72.4 Å². The zero-order valence-electron chi connectivity index (χ0n) is 25.3. The molecule has 0 unspecified atom stereocenters. The smallest absolute Gasteiger partial charge is 0.251 e. The van der Waals surface area contributed by atoms with E-state index in [1.807, 2.05) is 54.6 Å². The fourth-order valence-electron chi connectivity index (χ4n) is 5.04. The van der Waals surface area contributed by atoms with E-state index in [1.54, 1.807) is 36.4 Å². The van der Waals surface area contributed by atoms with Gasteiger partial charge in [-0.3, -0.25) is 9.59 Å². The lowest BCUT2D eigenvalue weighted by molar-refractivity contribution is -0.645. The van der Waals surface area contributed by atoms with Crippen LogP contribution in [0.5, 0.6) is 0 Å². The number of nitrogen functional groups attached to an aromatic ring is 1. The number of para-hydroxylation sites is 2. The molecule has 2 heterocycles. The number of anilines is 2. The third-order valence-corrected chi connectivity index (χ3v) is 8.76. The number of ether oxygens (including phenoxy) is 2. The highest BCUT2D eigenvalue weighted by molar-refractivity contribution is 7.99. The lowest BCUT2D eigenvalue weighted by atomic mass is 10.0. The van der Waals surface area contributed by atoms with E-state index in [9.17, 15) is 19.9 Å². The number of nitrogens with one attached hydrogen (secondary N) is 2. The quantitative estimate of drug-likeness (QED) is 0.0677. The average Bonchev–Trinajstić information content (AvgIpc) is 3.08. The monoisotopic (exact) mass is 642 g/mol. The Balaban J connectivity index is 1.14. The van der Waals surface area contributed by atoms with E-state index in [-0.39, 0.29) is 43.5 Å². The zero-order chi connectivity index (χ0) is 32.3. The van der Waals surface area contributed by atoms with E-state index in [2.05, 4.69) is 10.6 Å². The topological polar surface area (TPSA) is 150 Å². The van der Waals surface area contributed by atoms with Crippen LogP contribution in [-0.4, -0.2) is 28.8 Å². The summed E-state index contributed by atoms with van der Waals surface area (Å²) in [5.41, 5.74) is 10.5. The standard InChI is InChI=1S/C35H38N4O6S/c36-29-6-1-2-7-30(29)38-33(42)9-5-8-32(41)37-21-24-11-17-27(18-12-24)35-44-28(23-46-34-10-3-4-19-39(34)43)20-31(45-35)26-15-13-25(22-40)14-16-26/h1-4,6-7,10-19,28,31,35,40H,5,8-9,20-23,36H2,(H,37,41)(H,38,42)/t28-,31+,35+/m0/s1. The van der Waals surface area contributed by atoms with Gasteiger partial charge in [0.05, 0.1) is 30.2 Å². The summed E-state index contributed by atoms with van der Waals surface area (Å²) >= 11 is 1.44. The Morgan fingerprint density at radius 2 is 1.59 bits per heavy atom. The molecule has 2 amide bonds. The van der Waals surface area contributed by atoms with Crippen LogP contribution in [0.4, 0.5) is 11.4 Å². The Bertz CT molecular complexity index is 1600. The minimum atomic E-state index is -0.627. The Hall–Kier alpha value is -4.42. The number of thioether (sulfide) groups is 1. The van der Waals surface area contributed by atoms with Gasteiger partial charge in [0.15, 0.2) is 12.5 Å². The molecule has 46 heavy (non-hydrogen) atoms. The van der Waals surface area contributed by atoms with E-state index in [1.165, 1.54) is 18.0 Å². The van der Waals surface area contributed by atoms with Crippen LogP contribution in [0.15, 0.2) is 102 Å². The second-order valence-electron chi connectivity index (χ2n) is 11.0. The summed E-state index contributed by atoms with van der Waals surface area (Å²) in [4.78, 5) is 24.6. The number of hydrogen-bond donors (Lipinski definition) is 4. The van der Waals surface area contributed by atoms with Crippen molar-refractivity contribution in [1.82, 2.24) is 5.32 Å². The number of nitrogens with two attached hydrogens (primary N) is 1. The third kappa shape index (κ3) is 9.30. The number of nitrogens with zero attached hydrogens (tertiary/aromatic N) is 1. The molecule has 1 fully saturated rings. The molecule has 1 saturated heterocycles. The lowest BCUT2D eigenvalue weighted by Crippen LogP contribution is -2.32. The van der Waals surface area contributed by atoms with Crippen LogP contribution in [0.1, 0.15) is 60.3 Å². The molecule has 10 nitrogen and oxygen atoms in total. The van der Waals surface area contributed by atoms with Gasteiger partial charge >= 0.3 is 0 Å². The maximum atomic E-state index is 12.4.